The molecule has 1 atom stereocenters. The number of hydrogen-bond donors (Lipinski definition) is 1. The van der Waals surface area contributed by atoms with Gasteiger partial charge < -0.3 is 10.1 Å². The molecule has 0 spiro atoms. The van der Waals surface area contributed by atoms with Crippen LogP contribution in [0.2, 0.25) is 0 Å². The Bertz CT molecular complexity index is 352. The van der Waals surface area contributed by atoms with Crippen molar-refractivity contribution in [2.75, 3.05) is 38.2 Å². The molecule has 1 saturated heterocycles. The number of anilines is 1. The van der Waals surface area contributed by atoms with Crippen LogP contribution in [-0.4, -0.2) is 54.0 Å². The molecule has 1 aromatic heterocycles. The van der Waals surface area contributed by atoms with Crippen LogP contribution in [0.4, 0.5) is 5.82 Å². The molecular weight excluding hydrogens is 216 g/mol. The van der Waals surface area contributed by atoms with E-state index in [0.29, 0.717) is 6.04 Å². The van der Waals surface area contributed by atoms with Gasteiger partial charge in [-0.15, -0.1) is 5.10 Å². The van der Waals surface area contributed by atoms with Crippen molar-refractivity contribution >= 4 is 5.82 Å². The van der Waals surface area contributed by atoms with Gasteiger partial charge in [-0.2, -0.15) is 5.10 Å². The maximum absolute atomic E-state index is 5.33. The molecule has 1 N–H and O–H groups in total. The van der Waals surface area contributed by atoms with Crippen LogP contribution < -0.4 is 5.32 Å². The summed E-state index contributed by atoms with van der Waals surface area (Å²) in [5.74, 6) is 0.853. The summed E-state index contributed by atoms with van der Waals surface area (Å²) in [6.45, 7) is 8.93. The minimum absolute atomic E-state index is 0.365. The van der Waals surface area contributed by atoms with Crippen LogP contribution in [0.5, 0.6) is 0 Å². The van der Waals surface area contributed by atoms with Crippen molar-refractivity contribution in [3.8, 4) is 0 Å². The first-order chi connectivity index (χ1) is 8.24. The lowest BCUT2D eigenvalue weighted by Crippen LogP contribution is -2.42. The number of rotatable bonds is 4. The number of morpholine rings is 1. The zero-order chi connectivity index (χ0) is 12.1. The van der Waals surface area contributed by atoms with Crippen LogP contribution in [-0.2, 0) is 4.74 Å². The summed E-state index contributed by atoms with van der Waals surface area (Å²) in [6.07, 6.45) is 1.76. The van der Waals surface area contributed by atoms with Crippen molar-refractivity contribution in [3.05, 3.63) is 17.8 Å². The monoisotopic (exact) mass is 236 g/mol. The average Bonchev–Trinajstić information content (AvgIpc) is 2.30. The fourth-order valence-electron chi connectivity index (χ4n) is 2.00. The summed E-state index contributed by atoms with van der Waals surface area (Å²) < 4.78 is 5.33. The molecule has 5 heteroatoms. The second-order valence-electron chi connectivity index (χ2n) is 4.58. The second kappa shape index (κ2) is 5.93. The zero-order valence-electron chi connectivity index (χ0n) is 10.5. The molecule has 1 aliphatic heterocycles. The lowest BCUT2D eigenvalue weighted by atomic mass is 10.2. The van der Waals surface area contributed by atoms with Crippen LogP contribution >= 0.6 is 0 Å². The highest BCUT2D eigenvalue weighted by Crippen LogP contribution is 2.06. The first kappa shape index (κ1) is 12.3. The molecule has 0 amide bonds. The molecule has 17 heavy (non-hydrogen) atoms. The normalized spacial score (nSPS) is 18.9. The summed E-state index contributed by atoms with van der Waals surface area (Å²) in [7, 11) is 0. The number of nitrogens with one attached hydrogen (secondary N) is 1. The van der Waals surface area contributed by atoms with Crippen molar-refractivity contribution < 1.29 is 4.74 Å². The lowest BCUT2D eigenvalue weighted by Gasteiger charge is -2.29. The maximum atomic E-state index is 5.33. The highest BCUT2D eigenvalue weighted by atomic mass is 16.5. The molecule has 2 heterocycles. The first-order valence-corrected chi connectivity index (χ1v) is 6.10. The fraction of sp³-hybridized carbons (Fsp3) is 0.667. The number of hydrogen-bond acceptors (Lipinski definition) is 5. The third-order valence-corrected chi connectivity index (χ3v) is 2.82. The summed E-state index contributed by atoms with van der Waals surface area (Å²) >= 11 is 0. The van der Waals surface area contributed by atoms with E-state index < -0.39 is 0 Å². The number of aryl methyl sites for hydroxylation is 1. The van der Waals surface area contributed by atoms with Gasteiger partial charge in [-0.1, -0.05) is 0 Å². The predicted octanol–water partition coefficient (Wildman–Crippen LogP) is 0.918. The van der Waals surface area contributed by atoms with Gasteiger partial charge >= 0.3 is 0 Å². The second-order valence-corrected chi connectivity index (χ2v) is 4.58. The summed E-state index contributed by atoms with van der Waals surface area (Å²) in [5.41, 5.74) is 1.13. The zero-order valence-corrected chi connectivity index (χ0v) is 10.5. The van der Waals surface area contributed by atoms with Gasteiger partial charge in [-0.25, -0.2) is 0 Å². The van der Waals surface area contributed by atoms with Gasteiger partial charge in [0.25, 0.3) is 0 Å². The Morgan fingerprint density at radius 1 is 1.47 bits per heavy atom. The van der Waals surface area contributed by atoms with Crippen molar-refractivity contribution in [1.29, 1.82) is 0 Å². The van der Waals surface area contributed by atoms with Crippen molar-refractivity contribution in [1.82, 2.24) is 15.1 Å². The highest BCUT2D eigenvalue weighted by Gasteiger charge is 2.13. The summed E-state index contributed by atoms with van der Waals surface area (Å²) in [5, 5.41) is 11.4. The van der Waals surface area contributed by atoms with Gasteiger partial charge in [0.1, 0.15) is 5.82 Å². The molecule has 2 rings (SSSR count). The van der Waals surface area contributed by atoms with E-state index in [1.54, 1.807) is 6.20 Å². The molecule has 0 saturated carbocycles. The topological polar surface area (TPSA) is 50.3 Å². The van der Waals surface area contributed by atoms with Gasteiger partial charge in [-0.3, -0.25) is 4.90 Å². The third-order valence-electron chi connectivity index (χ3n) is 2.82. The molecule has 94 valence electrons. The van der Waals surface area contributed by atoms with E-state index >= 15 is 0 Å². The Labute approximate surface area is 102 Å². The SMILES string of the molecule is Cc1cnnc(NC(C)CN2CCOCC2)c1. The van der Waals surface area contributed by atoms with Gasteiger partial charge in [0.2, 0.25) is 0 Å². The molecule has 1 unspecified atom stereocenters. The van der Waals surface area contributed by atoms with Gasteiger partial charge in [0, 0.05) is 25.7 Å². The molecule has 5 nitrogen and oxygen atoms in total. The molecule has 0 aromatic carbocycles. The smallest absolute Gasteiger partial charge is 0.149 e. The minimum atomic E-state index is 0.365. The summed E-state index contributed by atoms with van der Waals surface area (Å²) in [4.78, 5) is 2.41. The Morgan fingerprint density at radius 2 is 2.24 bits per heavy atom. The van der Waals surface area contributed by atoms with E-state index in [9.17, 15) is 0 Å². The van der Waals surface area contributed by atoms with E-state index in [4.69, 9.17) is 4.74 Å². The molecule has 1 aromatic rings. The highest BCUT2D eigenvalue weighted by molar-refractivity contribution is 5.36. The van der Waals surface area contributed by atoms with Crippen LogP contribution in [0, 0.1) is 6.92 Å². The van der Waals surface area contributed by atoms with E-state index in [-0.39, 0.29) is 0 Å². The Balaban J connectivity index is 1.82. The van der Waals surface area contributed by atoms with Crippen LogP contribution in [0.3, 0.4) is 0 Å². The molecule has 1 fully saturated rings. The van der Waals surface area contributed by atoms with E-state index in [0.717, 1.165) is 44.2 Å². The van der Waals surface area contributed by atoms with Gasteiger partial charge in [-0.05, 0) is 25.5 Å². The van der Waals surface area contributed by atoms with Crippen LogP contribution in [0.1, 0.15) is 12.5 Å². The molecule has 1 aliphatic rings. The standard InChI is InChI=1S/C12H20N4O/c1-10-7-12(15-13-8-10)14-11(2)9-16-3-5-17-6-4-16/h7-8,11H,3-6,9H2,1-2H3,(H,14,15). The minimum Gasteiger partial charge on any atom is -0.379 e. The average molecular weight is 236 g/mol. The Morgan fingerprint density at radius 3 is 2.94 bits per heavy atom. The molecular formula is C12H20N4O. The molecule has 0 aliphatic carbocycles. The van der Waals surface area contributed by atoms with E-state index in [1.165, 1.54) is 0 Å². The van der Waals surface area contributed by atoms with Crippen molar-refractivity contribution in [2.45, 2.75) is 19.9 Å². The number of ether oxygens (including phenoxy) is 1. The third kappa shape index (κ3) is 3.94. The Hall–Kier alpha value is -1.20. The lowest BCUT2D eigenvalue weighted by molar-refractivity contribution is 0.0368. The quantitative estimate of drug-likeness (QED) is 0.842. The van der Waals surface area contributed by atoms with Crippen molar-refractivity contribution in [2.24, 2.45) is 0 Å². The van der Waals surface area contributed by atoms with Crippen LogP contribution in [0.15, 0.2) is 12.3 Å². The Kier molecular flexibility index (Phi) is 4.28. The number of nitrogens with zero attached hydrogens (tertiary/aromatic N) is 3. The first-order valence-electron chi connectivity index (χ1n) is 6.10. The van der Waals surface area contributed by atoms with Crippen LogP contribution in [0.25, 0.3) is 0 Å². The number of aromatic nitrogens is 2. The largest absolute Gasteiger partial charge is 0.379 e. The predicted molar refractivity (Wildman–Crippen MR) is 67.1 cm³/mol. The summed E-state index contributed by atoms with van der Waals surface area (Å²) in [6, 6.07) is 2.38. The molecule has 0 radical (unpaired) electrons. The van der Waals surface area contributed by atoms with Crippen molar-refractivity contribution in [3.63, 3.8) is 0 Å². The van der Waals surface area contributed by atoms with Gasteiger partial charge in [0.05, 0.1) is 19.4 Å². The fourth-order valence-corrected chi connectivity index (χ4v) is 2.00. The van der Waals surface area contributed by atoms with E-state index in [1.807, 2.05) is 13.0 Å². The maximum Gasteiger partial charge on any atom is 0.149 e. The van der Waals surface area contributed by atoms with Gasteiger partial charge in [0.15, 0.2) is 0 Å². The molecule has 0 bridgehead atoms. The van der Waals surface area contributed by atoms with E-state index in [2.05, 4.69) is 27.3 Å².